The molecular weight excluding hydrogens is 156 g/mol. The van der Waals surface area contributed by atoms with Crippen LogP contribution in [0.4, 0.5) is 5.69 Å². The highest BCUT2D eigenvalue weighted by Crippen LogP contribution is 2.14. The molecule has 1 aromatic rings. The molecule has 0 saturated heterocycles. The van der Waals surface area contributed by atoms with E-state index in [1.807, 2.05) is 12.1 Å². The normalized spacial score (nSPS) is 9.00. The minimum absolute atomic E-state index is 0.650. The minimum Gasteiger partial charge on any atom is -0.397 e. The molecule has 0 radical (unpaired) electrons. The molecule has 11 heavy (non-hydrogen) atoms. The Hall–Kier alpha value is -1.14. The summed E-state index contributed by atoms with van der Waals surface area (Å²) in [4.78, 5) is 4.06. The Balaban J connectivity index is 2.60. The number of nitrogen functional groups attached to an aromatic ring is 1. The molecular formula is C8H8N2S. The van der Waals surface area contributed by atoms with Crippen LogP contribution in [0.25, 0.3) is 0 Å². The van der Waals surface area contributed by atoms with Crippen LogP contribution in [-0.4, -0.2) is 10.7 Å². The van der Waals surface area contributed by atoms with Gasteiger partial charge in [-0.1, -0.05) is 17.7 Å². The van der Waals surface area contributed by atoms with Gasteiger partial charge in [-0.2, -0.15) is 0 Å². The van der Waals surface area contributed by atoms with Gasteiger partial charge in [-0.05, 0) is 12.1 Å². The fourth-order valence-electron chi connectivity index (χ4n) is 0.593. The zero-order chi connectivity index (χ0) is 8.10. The summed E-state index contributed by atoms with van der Waals surface area (Å²) in [5.41, 5.74) is 6.12. The molecule has 2 N–H and O–H groups in total. The van der Waals surface area contributed by atoms with Gasteiger partial charge in [0.05, 0.1) is 22.7 Å². The van der Waals surface area contributed by atoms with Crippen molar-refractivity contribution in [3.8, 4) is 12.3 Å². The second-order valence-corrected chi connectivity index (χ2v) is 2.92. The van der Waals surface area contributed by atoms with Crippen LogP contribution in [0.3, 0.4) is 0 Å². The van der Waals surface area contributed by atoms with E-state index in [0.29, 0.717) is 11.4 Å². The van der Waals surface area contributed by atoms with Crippen LogP contribution in [-0.2, 0) is 0 Å². The smallest absolute Gasteiger partial charge is 0.0970 e. The number of terminal acetylenes is 1. The summed E-state index contributed by atoms with van der Waals surface area (Å²) in [5.74, 6) is 3.17. The molecule has 1 aromatic heterocycles. The van der Waals surface area contributed by atoms with E-state index < -0.39 is 0 Å². The van der Waals surface area contributed by atoms with E-state index in [2.05, 4.69) is 10.9 Å². The SMILES string of the molecule is C#CCSc1ccc(N)cn1. The number of aromatic nitrogens is 1. The number of hydrogen-bond acceptors (Lipinski definition) is 3. The number of hydrogen-bond donors (Lipinski definition) is 1. The first-order valence-corrected chi connectivity index (χ1v) is 4.09. The average molecular weight is 164 g/mol. The van der Waals surface area contributed by atoms with E-state index in [0.717, 1.165) is 5.03 Å². The quantitative estimate of drug-likeness (QED) is 0.530. The maximum Gasteiger partial charge on any atom is 0.0970 e. The molecule has 0 unspecified atom stereocenters. The summed E-state index contributed by atoms with van der Waals surface area (Å²) in [6.45, 7) is 0. The number of rotatable bonds is 2. The van der Waals surface area contributed by atoms with Crippen LogP contribution in [0.15, 0.2) is 23.4 Å². The lowest BCUT2D eigenvalue weighted by Gasteiger charge is -1.95. The fourth-order valence-corrected chi connectivity index (χ4v) is 1.12. The van der Waals surface area contributed by atoms with Gasteiger partial charge >= 0.3 is 0 Å². The van der Waals surface area contributed by atoms with Crippen molar-refractivity contribution in [2.45, 2.75) is 5.03 Å². The van der Waals surface area contributed by atoms with E-state index in [4.69, 9.17) is 12.2 Å². The molecule has 0 amide bonds. The van der Waals surface area contributed by atoms with Gasteiger partial charge < -0.3 is 5.73 Å². The highest BCUT2D eigenvalue weighted by Gasteiger charge is 1.91. The summed E-state index contributed by atoms with van der Waals surface area (Å²) in [7, 11) is 0. The summed E-state index contributed by atoms with van der Waals surface area (Å²) in [6, 6.07) is 3.67. The summed E-state index contributed by atoms with van der Waals surface area (Å²) < 4.78 is 0. The molecule has 56 valence electrons. The molecule has 0 aliphatic rings. The van der Waals surface area contributed by atoms with Gasteiger partial charge in [0, 0.05) is 0 Å². The third-order valence-corrected chi connectivity index (χ3v) is 1.91. The topological polar surface area (TPSA) is 38.9 Å². The summed E-state index contributed by atoms with van der Waals surface area (Å²) in [6.07, 6.45) is 6.71. The molecule has 0 aliphatic carbocycles. The van der Waals surface area contributed by atoms with E-state index >= 15 is 0 Å². The van der Waals surface area contributed by atoms with Crippen LogP contribution in [0.5, 0.6) is 0 Å². The predicted octanol–water partition coefficient (Wildman–Crippen LogP) is 1.39. The van der Waals surface area contributed by atoms with Gasteiger partial charge in [0.2, 0.25) is 0 Å². The Morgan fingerprint density at radius 1 is 1.64 bits per heavy atom. The summed E-state index contributed by atoms with van der Waals surface area (Å²) in [5, 5.41) is 0.914. The van der Waals surface area contributed by atoms with E-state index in [-0.39, 0.29) is 0 Å². The van der Waals surface area contributed by atoms with Crippen molar-refractivity contribution in [3.05, 3.63) is 18.3 Å². The monoisotopic (exact) mass is 164 g/mol. The van der Waals surface area contributed by atoms with E-state index in [9.17, 15) is 0 Å². The highest BCUT2D eigenvalue weighted by atomic mass is 32.2. The van der Waals surface area contributed by atoms with Crippen LogP contribution >= 0.6 is 11.8 Å². The highest BCUT2D eigenvalue weighted by molar-refractivity contribution is 7.99. The number of anilines is 1. The zero-order valence-corrected chi connectivity index (χ0v) is 6.77. The van der Waals surface area contributed by atoms with Gasteiger partial charge in [-0.3, -0.25) is 0 Å². The van der Waals surface area contributed by atoms with Crippen LogP contribution < -0.4 is 5.73 Å². The van der Waals surface area contributed by atoms with Gasteiger partial charge in [0.15, 0.2) is 0 Å². The van der Waals surface area contributed by atoms with Crippen molar-refractivity contribution in [2.24, 2.45) is 0 Å². The Labute approximate surface area is 70.2 Å². The Kier molecular flexibility index (Phi) is 2.82. The van der Waals surface area contributed by atoms with Crippen LogP contribution in [0.2, 0.25) is 0 Å². The fraction of sp³-hybridized carbons (Fsp3) is 0.125. The third-order valence-electron chi connectivity index (χ3n) is 1.06. The first-order chi connectivity index (χ1) is 5.33. The Bertz CT molecular complexity index is 260. The van der Waals surface area contributed by atoms with Gasteiger partial charge in [0.1, 0.15) is 0 Å². The van der Waals surface area contributed by atoms with Crippen molar-refractivity contribution in [3.63, 3.8) is 0 Å². The molecule has 0 aliphatic heterocycles. The van der Waals surface area contributed by atoms with Crippen LogP contribution in [0, 0.1) is 12.3 Å². The standard InChI is InChI=1S/C8H8N2S/c1-2-5-11-8-4-3-7(9)6-10-8/h1,3-4,6H,5,9H2. The molecule has 1 heterocycles. The summed E-state index contributed by atoms with van der Waals surface area (Å²) >= 11 is 1.53. The minimum atomic E-state index is 0.650. The lowest BCUT2D eigenvalue weighted by Crippen LogP contribution is -1.86. The molecule has 1 rings (SSSR count). The Morgan fingerprint density at radius 2 is 2.45 bits per heavy atom. The number of thioether (sulfide) groups is 1. The maximum atomic E-state index is 5.44. The van der Waals surface area contributed by atoms with Crippen molar-refractivity contribution in [2.75, 3.05) is 11.5 Å². The van der Waals surface area contributed by atoms with Gasteiger partial charge in [-0.25, -0.2) is 4.98 Å². The predicted molar refractivity (Wildman–Crippen MR) is 48.2 cm³/mol. The second-order valence-electron chi connectivity index (χ2n) is 1.92. The van der Waals surface area contributed by atoms with Crippen molar-refractivity contribution < 1.29 is 0 Å². The molecule has 0 aromatic carbocycles. The first-order valence-electron chi connectivity index (χ1n) is 3.10. The van der Waals surface area contributed by atoms with Crippen molar-refractivity contribution >= 4 is 17.4 Å². The number of pyridine rings is 1. The Morgan fingerprint density at radius 3 is 3.00 bits per heavy atom. The maximum absolute atomic E-state index is 5.44. The first kappa shape index (κ1) is 7.96. The zero-order valence-electron chi connectivity index (χ0n) is 5.95. The molecule has 2 nitrogen and oxygen atoms in total. The molecule has 0 saturated carbocycles. The average Bonchev–Trinajstić information content (AvgIpc) is 2.04. The van der Waals surface area contributed by atoms with Crippen molar-refractivity contribution in [1.82, 2.24) is 4.98 Å². The number of nitrogens with two attached hydrogens (primary N) is 1. The second kappa shape index (κ2) is 3.89. The number of nitrogens with zero attached hydrogens (tertiary/aromatic N) is 1. The molecule has 0 bridgehead atoms. The lowest BCUT2D eigenvalue weighted by atomic mass is 10.4. The largest absolute Gasteiger partial charge is 0.397 e. The molecule has 0 fully saturated rings. The van der Waals surface area contributed by atoms with E-state index in [1.54, 1.807) is 6.20 Å². The molecule has 3 heteroatoms. The lowest BCUT2D eigenvalue weighted by molar-refractivity contribution is 1.14. The van der Waals surface area contributed by atoms with E-state index in [1.165, 1.54) is 11.8 Å². The van der Waals surface area contributed by atoms with Crippen LogP contribution in [0.1, 0.15) is 0 Å². The molecule has 0 spiro atoms. The van der Waals surface area contributed by atoms with Crippen molar-refractivity contribution in [1.29, 1.82) is 0 Å². The third kappa shape index (κ3) is 2.52. The molecule has 0 atom stereocenters. The van der Waals surface area contributed by atoms with Gasteiger partial charge in [-0.15, -0.1) is 6.42 Å². The van der Waals surface area contributed by atoms with Gasteiger partial charge in [0.25, 0.3) is 0 Å².